The van der Waals surface area contributed by atoms with Crippen molar-refractivity contribution in [1.82, 2.24) is 4.72 Å². The lowest BCUT2D eigenvalue weighted by Gasteiger charge is -2.14. The van der Waals surface area contributed by atoms with Crippen LogP contribution in [0.15, 0.2) is 18.2 Å². The van der Waals surface area contributed by atoms with Gasteiger partial charge in [-0.1, -0.05) is 6.08 Å². The van der Waals surface area contributed by atoms with Gasteiger partial charge in [-0.15, -0.1) is 0 Å². The molecule has 0 bridgehead atoms. The van der Waals surface area contributed by atoms with Gasteiger partial charge in [0.1, 0.15) is 5.75 Å². The van der Waals surface area contributed by atoms with Gasteiger partial charge in [0.15, 0.2) is 0 Å². The number of nitrogens with one attached hydrogen (secondary N) is 1. The van der Waals surface area contributed by atoms with Crippen molar-refractivity contribution in [2.24, 2.45) is 0 Å². The average molecular weight is 261 g/mol. The normalized spacial score (nSPS) is 16.1. The highest BCUT2D eigenvalue weighted by Gasteiger charge is 2.35. The van der Waals surface area contributed by atoms with Crippen LogP contribution in [-0.2, 0) is 6.18 Å². The summed E-state index contributed by atoms with van der Waals surface area (Å²) in [5.41, 5.74) is -0.285. The molecule has 1 aliphatic rings. The van der Waals surface area contributed by atoms with Crippen LogP contribution in [0.4, 0.5) is 13.2 Å². The Hall–Kier alpha value is -1.14. The molecule has 0 spiro atoms. The van der Waals surface area contributed by atoms with Crippen molar-refractivity contribution in [2.45, 2.75) is 13.1 Å². The predicted molar refractivity (Wildman–Crippen MR) is 61.4 cm³/mol. The summed E-state index contributed by atoms with van der Waals surface area (Å²) in [6.45, 7) is 2.15. The number of rotatable bonds is 1. The minimum Gasteiger partial charge on any atom is -0.507 e. The van der Waals surface area contributed by atoms with Crippen LogP contribution >= 0.6 is 11.9 Å². The molecule has 0 saturated carbocycles. The molecule has 2 nitrogen and oxygen atoms in total. The second-order valence-corrected chi connectivity index (χ2v) is 4.66. The van der Waals surface area contributed by atoms with Crippen LogP contribution in [0, 0.1) is 6.92 Å². The first-order valence-electron chi connectivity index (χ1n) is 4.90. The second kappa shape index (κ2) is 4.27. The zero-order chi connectivity index (χ0) is 12.6. The van der Waals surface area contributed by atoms with Crippen molar-refractivity contribution in [3.05, 3.63) is 34.9 Å². The molecule has 0 radical (unpaired) electrons. The van der Waals surface area contributed by atoms with Gasteiger partial charge < -0.3 is 5.11 Å². The number of phenols is 1. The number of alkyl halides is 3. The van der Waals surface area contributed by atoms with Crippen LogP contribution < -0.4 is 4.72 Å². The van der Waals surface area contributed by atoms with Crippen molar-refractivity contribution in [3.8, 4) is 5.75 Å². The summed E-state index contributed by atoms with van der Waals surface area (Å²) in [7, 11) is 0. The molecule has 0 saturated heterocycles. The van der Waals surface area contributed by atoms with E-state index in [1.54, 1.807) is 19.1 Å². The van der Waals surface area contributed by atoms with E-state index in [-0.39, 0.29) is 5.56 Å². The summed E-state index contributed by atoms with van der Waals surface area (Å²) >= 11 is 1.22. The standard InChI is InChI=1S/C11H10F3NOS/c1-6-4-7(9-2-3-15-17-9)10(16)8(5-6)11(12,13)14/h2,4-5,15-16H,3H2,1H3. The molecular weight excluding hydrogens is 251 g/mol. The van der Waals surface area contributed by atoms with E-state index in [4.69, 9.17) is 0 Å². The molecule has 0 fully saturated rings. The van der Waals surface area contributed by atoms with E-state index in [1.165, 1.54) is 11.9 Å². The number of hydrogen-bond acceptors (Lipinski definition) is 3. The number of hydrogen-bond donors (Lipinski definition) is 2. The fourth-order valence-electron chi connectivity index (χ4n) is 1.64. The van der Waals surface area contributed by atoms with E-state index >= 15 is 0 Å². The zero-order valence-corrected chi connectivity index (χ0v) is 9.75. The zero-order valence-electron chi connectivity index (χ0n) is 8.93. The predicted octanol–water partition coefficient (Wildman–Crippen LogP) is 3.31. The summed E-state index contributed by atoms with van der Waals surface area (Å²) in [6, 6.07) is 2.50. The van der Waals surface area contributed by atoms with Gasteiger partial charge >= 0.3 is 6.18 Å². The third-order valence-corrected chi connectivity index (χ3v) is 3.30. The van der Waals surface area contributed by atoms with Crippen LogP contribution in [0.2, 0.25) is 0 Å². The Labute approximate surface area is 101 Å². The number of aromatic hydroxyl groups is 1. The van der Waals surface area contributed by atoms with Crippen molar-refractivity contribution in [3.63, 3.8) is 0 Å². The van der Waals surface area contributed by atoms with Gasteiger partial charge in [0, 0.05) is 17.0 Å². The van der Waals surface area contributed by atoms with Gasteiger partial charge in [-0.05, 0) is 36.6 Å². The van der Waals surface area contributed by atoms with Gasteiger partial charge in [0.05, 0.1) is 5.56 Å². The van der Waals surface area contributed by atoms with Crippen LogP contribution in [0.5, 0.6) is 5.75 Å². The summed E-state index contributed by atoms with van der Waals surface area (Å²) in [5.74, 6) is -0.703. The minimum absolute atomic E-state index is 0.229. The third kappa shape index (κ3) is 2.42. The number of aryl methyl sites for hydroxylation is 1. The lowest BCUT2D eigenvalue weighted by atomic mass is 10.0. The molecule has 1 aliphatic heterocycles. The van der Waals surface area contributed by atoms with Crippen molar-refractivity contribution in [2.75, 3.05) is 6.54 Å². The Morgan fingerprint density at radius 1 is 1.35 bits per heavy atom. The first kappa shape index (κ1) is 12.3. The maximum atomic E-state index is 12.7. The molecule has 1 aromatic rings. The maximum Gasteiger partial charge on any atom is 0.419 e. The van der Waals surface area contributed by atoms with E-state index < -0.39 is 17.5 Å². The van der Waals surface area contributed by atoms with Crippen LogP contribution in [0.1, 0.15) is 16.7 Å². The minimum atomic E-state index is -4.54. The van der Waals surface area contributed by atoms with Gasteiger partial charge in [-0.3, -0.25) is 4.72 Å². The maximum absolute atomic E-state index is 12.7. The molecule has 92 valence electrons. The first-order valence-corrected chi connectivity index (χ1v) is 5.72. The van der Waals surface area contributed by atoms with E-state index in [1.807, 2.05) is 0 Å². The number of benzene rings is 1. The molecule has 1 aromatic carbocycles. The van der Waals surface area contributed by atoms with Crippen molar-refractivity contribution in [1.29, 1.82) is 0 Å². The smallest absolute Gasteiger partial charge is 0.419 e. The molecular formula is C11H10F3NOS. The van der Waals surface area contributed by atoms with Crippen molar-refractivity contribution < 1.29 is 18.3 Å². The molecule has 0 aliphatic carbocycles. The Bertz CT molecular complexity index is 482. The Kier molecular flexibility index (Phi) is 3.09. The molecule has 2 N–H and O–H groups in total. The number of phenolic OH excluding ortho intramolecular Hbond substituents is 1. The highest BCUT2D eigenvalue weighted by Crippen LogP contribution is 2.43. The molecule has 6 heteroatoms. The average Bonchev–Trinajstić information content (AvgIpc) is 2.72. The summed E-state index contributed by atoms with van der Waals surface area (Å²) < 4.78 is 41.0. The van der Waals surface area contributed by atoms with E-state index in [2.05, 4.69) is 4.72 Å². The molecule has 1 heterocycles. The monoisotopic (exact) mass is 261 g/mol. The van der Waals surface area contributed by atoms with Gasteiger partial charge in [0.2, 0.25) is 0 Å². The van der Waals surface area contributed by atoms with E-state index in [0.717, 1.165) is 6.07 Å². The van der Waals surface area contributed by atoms with Gasteiger partial charge in [0.25, 0.3) is 0 Å². The molecule has 0 atom stereocenters. The van der Waals surface area contributed by atoms with Crippen LogP contribution in [-0.4, -0.2) is 11.7 Å². The Morgan fingerprint density at radius 2 is 2.06 bits per heavy atom. The van der Waals surface area contributed by atoms with Gasteiger partial charge in [-0.2, -0.15) is 13.2 Å². The topological polar surface area (TPSA) is 32.3 Å². The van der Waals surface area contributed by atoms with Crippen LogP contribution in [0.3, 0.4) is 0 Å². The fraction of sp³-hybridized carbons (Fsp3) is 0.273. The summed E-state index contributed by atoms with van der Waals surface area (Å²) in [4.78, 5) is 0.622. The first-order chi connectivity index (χ1) is 7.89. The summed E-state index contributed by atoms with van der Waals surface area (Å²) in [5, 5.41) is 9.71. The molecule has 17 heavy (non-hydrogen) atoms. The van der Waals surface area contributed by atoms with Crippen LogP contribution in [0.25, 0.3) is 4.91 Å². The molecule has 2 rings (SSSR count). The number of halogens is 3. The Balaban J connectivity index is 2.57. The Morgan fingerprint density at radius 3 is 2.59 bits per heavy atom. The highest BCUT2D eigenvalue weighted by atomic mass is 32.2. The molecule has 0 aromatic heterocycles. The lowest BCUT2D eigenvalue weighted by molar-refractivity contribution is -0.138. The highest BCUT2D eigenvalue weighted by molar-refractivity contribution is 8.06. The lowest BCUT2D eigenvalue weighted by Crippen LogP contribution is -2.06. The largest absolute Gasteiger partial charge is 0.507 e. The van der Waals surface area contributed by atoms with Crippen molar-refractivity contribution >= 4 is 16.9 Å². The van der Waals surface area contributed by atoms with E-state index in [0.29, 0.717) is 17.0 Å². The quantitative estimate of drug-likeness (QED) is 0.761. The molecule has 0 unspecified atom stereocenters. The van der Waals surface area contributed by atoms with E-state index in [9.17, 15) is 18.3 Å². The SMILES string of the molecule is Cc1cc(C2=CCNS2)c(O)c(C(F)(F)F)c1. The molecule has 0 amide bonds. The fourth-order valence-corrected chi connectivity index (χ4v) is 2.40. The summed E-state index contributed by atoms with van der Waals surface area (Å²) in [6.07, 6.45) is -2.79. The third-order valence-electron chi connectivity index (χ3n) is 2.38. The second-order valence-electron chi connectivity index (χ2n) is 3.73. The van der Waals surface area contributed by atoms with Gasteiger partial charge in [-0.25, -0.2) is 0 Å².